The minimum atomic E-state index is -3.47. The van der Waals surface area contributed by atoms with Crippen LogP contribution < -0.4 is 0 Å². The van der Waals surface area contributed by atoms with Crippen molar-refractivity contribution < 1.29 is 13.2 Å². The molecule has 21 heavy (non-hydrogen) atoms. The Kier molecular flexibility index (Phi) is 3.97. The standard InChI is InChI=1S/C16H21NO3S/c1-16(2,3)13-10-11-17(21(4,19)20)14(13)15(18)12-8-6-5-7-9-12/h5-11,13-14H,1-4H3/t13-,14-/m1/s1. The number of sulfonamides is 1. The van der Waals surface area contributed by atoms with Crippen molar-refractivity contribution in [1.29, 1.82) is 0 Å². The first-order chi connectivity index (χ1) is 9.62. The summed E-state index contributed by atoms with van der Waals surface area (Å²) in [6, 6.07) is 8.14. The highest BCUT2D eigenvalue weighted by Gasteiger charge is 2.44. The maximum absolute atomic E-state index is 12.8. The molecule has 1 aliphatic heterocycles. The molecule has 0 saturated carbocycles. The molecule has 1 aromatic rings. The van der Waals surface area contributed by atoms with Gasteiger partial charge in [-0.1, -0.05) is 57.2 Å². The number of ketones is 1. The lowest BCUT2D eigenvalue weighted by Gasteiger charge is -2.34. The monoisotopic (exact) mass is 307 g/mol. The average molecular weight is 307 g/mol. The minimum absolute atomic E-state index is 0.153. The molecule has 0 unspecified atom stereocenters. The summed E-state index contributed by atoms with van der Waals surface area (Å²) in [7, 11) is -3.47. The Labute approximate surface area is 126 Å². The van der Waals surface area contributed by atoms with Gasteiger partial charge >= 0.3 is 0 Å². The van der Waals surface area contributed by atoms with Gasteiger partial charge in [0.15, 0.2) is 5.78 Å². The van der Waals surface area contributed by atoms with Crippen molar-refractivity contribution in [3.8, 4) is 0 Å². The number of hydrogen-bond acceptors (Lipinski definition) is 3. The van der Waals surface area contributed by atoms with Crippen molar-refractivity contribution in [3.63, 3.8) is 0 Å². The van der Waals surface area contributed by atoms with E-state index in [1.165, 1.54) is 10.5 Å². The Bertz CT molecular complexity index is 657. The van der Waals surface area contributed by atoms with E-state index < -0.39 is 16.1 Å². The van der Waals surface area contributed by atoms with Crippen molar-refractivity contribution in [1.82, 2.24) is 4.31 Å². The molecule has 0 amide bonds. The SMILES string of the molecule is CC(C)(C)[C@@H]1C=CN(S(C)(=O)=O)[C@H]1C(=O)c1ccccc1. The average Bonchev–Trinajstić information content (AvgIpc) is 2.83. The second kappa shape index (κ2) is 5.30. The van der Waals surface area contributed by atoms with Gasteiger partial charge in [0.1, 0.15) is 6.04 Å². The van der Waals surface area contributed by atoms with Crippen LogP contribution in [0.4, 0.5) is 0 Å². The van der Waals surface area contributed by atoms with E-state index >= 15 is 0 Å². The smallest absolute Gasteiger partial charge is 0.232 e. The topological polar surface area (TPSA) is 54.5 Å². The molecule has 4 nitrogen and oxygen atoms in total. The molecular weight excluding hydrogens is 286 g/mol. The van der Waals surface area contributed by atoms with Crippen molar-refractivity contribution >= 4 is 15.8 Å². The van der Waals surface area contributed by atoms with Crippen LogP contribution in [0.15, 0.2) is 42.6 Å². The number of hydrogen-bond donors (Lipinski definition) is 0. The van der Waals surface area contributed by atoms with Crippen LogP contribution in [-0.4, -0.2) is 30.8 Å². The molecule has 0 fully saturated rings. The first kappa shape index (κ1) is 15.8. The van der Waals surface area contributed by atoms with E-state index in [9.17, 15) is 13.2 Å². The van der Waals surface area contributed by atoms with Gasteiger partial charge in [0.05, 0.1) is 6.26 Å². The maximum Gasteiger partial charge on any atom is 0.232 e. The summed E-state index contributed by atoms with van der Waals surface area (Å²) in [4.78, 5) is 12.8. The molecule has 5 heteroatoms. The number of carbonyl (C=O) groups is 1. The van der Waals surface area contributed by atoms with Crippen LogP contribution in [0, 0.1) is 11.3 Å². The Hall–Kier alpha value is -1.62. The van der Waals surface area contributed by atoms with Gasteiger partial charge in [-0.05, 0) is 5.41 Å². The van der Waals surface area contributed by atoms with Gasteiger partial charge in [-0.2, -0.15) is 0 Å². The van der Waals surface area contributed by atoms with E-state index in [4.69, 9.17) is 0 Å². The predicted octanol–water partition coefficient (Wildman–Crippen LogP) is 2.69. The third-order valence-corrected chi connectivity index (χ3v) is 4.88. The van der Waals surface area contributed by atoms with Crippen molar-refractivity contribution in [2.45, 2.75) is 26.8 Å². The van der Waals surface area contributed by atoms with Crippen molar-refractivity contribution in [2.24, 2.45) is 11.3 Å². The van der Waals surface area contributed by atoms with Crippen molar-refractivity contribution in [2.75, 3.05) is 6.26 Å². The molecule has 0 aliphatic carbocycles. The van der Waals surface area contributed by atoms with E-state index in [1.807, 2.05) is 32.9 Å². The zero-order valence-corrected chi connectivity index (χ0v) is 13.6. The molecule has 1 aromatic carbocycles. The first-order valence-electron chi connectivity index (χ1n) is 6.88. The molecule has 0 radical (unpaired) electrons. The zero-order valence-electron chi connectivity index (χ0n) is 12.8. The summed E-state index contributed by atoms with van der Waals surface area (Å²) >= 11 is 0. The fourth-order valence-electron chi connectivity index (χ4n) is 2.66. The number of rotatable bonds is 3. The van der Waals surface area contributed by atoms with Crippen LogP contribution >= 0.6 is 0 Å². The Morgan fingerprint density at radius 3 is 2.19 bits per heavy atom. The lowest BCUT2D eigenvalue weighted by molar-refractivity contribution is 0.0845. The van der Waals surface area contributed by atoms with Crippen LogP contribution in [0.3, 0.4) is 0 Å². The Morgan fingerprint density at radius 1 is 1.14 bits per heavy atom. The third kappa shape index (κ3) is 3.18. The van der Waals surface area contributed by atoms with E-state index in [0.29, 0.717) is 5.56 Å². The van der Waals surface area contributed by atoms with Crippen LogP contribution in [0.25, 0.3) is 0 Å². The Morgan fingerprint density at radius 2 is 1.71 bits per heavy atom. The summed E-state index contributed by atoms with van der Waals surface area (Å²) in [5.74, 6) is -0.314. The lowest BCUT2D eigenvalue weighted by atomic mass is 9.75. The number of carbonyl (C=O) groups excluding carboxylic acids is 1. The van der Waals surface area contributed by atoms with E-state index in [2.05, 4.69) is 0 Å². The molecular formula is C16H21NO3S. The summed E-state index contributed by atoms with van der Waals surface area (Å²) in [5, 5.41) is 0. The molecule has 1 heterocycles. The predicted molar refractivity (Wildman–Crippen MR) is 83.3 cm³/mol. The highest BCUT2D eigenvalue weighted by molar-refractivity contribution is 7.88. The maximum atomic E-state index is 12.8. The first-order valence-corrected chi connectivity index (χ1v) is 8.73. The zero-order chi connectivity index (χ0) is 15.8. The fourth-order valence-corrected chi connectivity index (χ4v) is 3.60. The summed E-state index contributed by atoms with van der Waals surface area (Å²) < 4.78 is 25.1. The van der Waals surface area contributed by atoms with Crippen molar-refractivity contribution in [3.05, 3.63) is 48.2 Å². The number of benzene rings is 1. The van der Waals surface area contributed by atoms with E-state index in [1.54, 1.807) is 24.3 Å². The molecule has 0 saturated heterocycles. The second-order valence-corrected chi connectivity index (χ2v) is 8.39. The van der Waals surface area contributed by atoms with Gasteiger partial charge in [0.2, 0.25) is 10.0 Å². The van der Waals surface area contributed by atoms with Gasteiger partial charge in [-0.25, -0.2) is 8.42 Å². The van der Waals surface area contributed by atoms with Crippen LogP contribution in [0.2, 0.25) is 0 Å². The summed E-state index contributed by atoms with van der Waals surface area (Å²) in [5.41, 5.74) is 0.333. The fraction of sp³-hybridized carbons (Fsp3) is 0.438. The lowest BCUT2D eigenvalue weighted by Crippen LogP contribution is -2.45. The van der Waals surface area contributed by atoms with Crippen LogP contribution in [-0.2, 0) is 10.0 Å². The quantitative estimate of drug-likeness (QED) is 0.807. The van der Waals surface area contributed by atoms with Gasteiger partial charge in [0.25, 0.3) is 0 Å². The largest absolute Gasteiger partial charge is 0.292 e. The third-order valence-electron chi connectivity index (χ3n) is 3.76. The second-order valence-electron chi connectivity index (χ2n) is 6.50. The molecule has 2 atom stereocenters. The number of Topliss-reactive ketones (excluding diaryl/α,β-unsaturated/α-hetero) is 1. The van der Waals surface area contributed by atoms with E-state index in [-0.39, 0.29) is 17.1 Å². The van der Waals surface area contributed by atoms with Gasteiger partial charge < -0.3 is 0 Å². The minimum Gasteiger partial charge on any atom is -0.292 e. The van der Waals surface area contributed by atoms with Crippen LogP contribution in [0.5, 0.6) is 0 Å². The summed E-state index contributed by atoms with van der Waals surface area (Å²) in [6.45, 7) is 6.04. The van der Waals surface area contributed by atoms with Crippen LogP contribution in [0.1, 0.15) is 31.1 Å². The van der Waals surface area contributed by atoms with E-state index in [0.717, 1.165) is 6.26 Å². The molecule has 0 bridgehead atoms. The number of nitrogens with zero attached hydrogens (tertiary/aromatic N) is 1. The van der Waals surface area contributed by atoms with Gasteiger partial charge in [-0.3, -0.25) is 9.10 Å². The molecule has 0 aromatic heterocycles. The van der Waals surface area contributed by atoms with Gasteiger partial charge in [-0.15, -0.1) is 0 Å². The Balaban J connectivity index is 2.46. The molecule has 2 rings (SSSR count). The molecule has 0 N–H and O–H groups in total. The highest BCUT2D eigenvalue weighted by Crippen LogP contribution is 2.38. The molecule has 1 aliphatic rings. The summed E-state index contributed by atoms with van der Waals surface area (Å²) in [6.07, 6.45) is 4.48. The molecule has 114 valence electrons. The highest BCUT2D eigenvalue weighted by atomic mass is 32.2. The molecule has 0 spiro atoms. The normalized spacial score (nSPS) is 22.6. The van der Waals surface area contributed by atoms with Gasteiger partial charge in [0, 0.05) is 17.7 Å².